The summed E-state index contributed by atoms with van der Waals surface area (Å²) in [6, 6.07) is 9.20. The fraction of sp³-hybridized carbons (Fsp3) is 0.542. The lowest BCUT2D eigenvalue weighted by atomic mass is 9.93. The van der Waals surface area contributed by atoms with E-state index in [9.17, 15) is 4.79 Å². The van der Waals surface area contributed by atoms with Gasteiger partial charge in [-0.15, -0.1) is 11.3 Å². The van der Waals surface area contributed by atoms with Crippen LogP contribution in [-0.4, -0.2) is 56.2 Å². The van der Waals surface area contributed by atoms with Crippen LogP contribution in [0.15, 0.2) is 41.3 Å². The molecule has 30 heavy (non-hydrogen) atoms. The van der Waals surface area contributed by atoms with Crippen molar-refractivity contribution in [1.82, 2.24) is 15.5 Å². The highest BCUT2D eigenvalue weighted by molar-refractivity contribution is 7.17. The Labute approximate surface area is 184 Å². The molecule has 5 nitrogen and oxygen atoms in total. The Morgan fingerprint density at radius 1 is 1.20 bits per heavy atom. The van der Waals surface area contributed by atoms with Crippen molar-refractivity contribution in [1.29, 1.82) is 0 Å². The molecular formula is C24H34N4OS. The highest BCUT2D eigenvalue weighted by Crippen LogP contribution is 2.31. The predicted molar refractivity (Wildman–Crippen MR) is 128 cm³/mol. The summed E-state index contributed by atoms with van der Waals surface area (Å²) in [6.45, 7) is 8.44. The molecule has 1 atom stereocenters. The monoisotopic (exact) mass is 426 g/mol. The van der Waals surface area contributed by atoms with Gasteiger partial charge in [-0.3, -0.25) is 4.90 Å². The standard InChI is InChI=1S/C24H34N4OS/c1-2-12-25-24(29)26-20-8-6-19(7-9-20)10-13-27-14-16-28(17-15-27)22-4-3-5-23-21(22)11-18-30-23/h3-6,11,18,20H,2,7-10,12-17H2,1H3,(H2,25,26,29). The van der Waals surface area contributed by atoms with Gasteiger partial charge in [-0.1, -0.05) is 24.6 Å². The first-order valence-electron chi connectivity index (χ1n) is 11.4. The van der Waals surface area contributed by atoms with Crippen molar-refractivity contribution in [3.63, 3.8) is 0 Å². The van der Waals surface area contributed by atoms with Gasteiger partial charge in [0.25, 0.3) is 0 Å². The van der Waals surface area contributed by atoms with Crippen LogP contribution in [0.5, 0.6) is 0 Å². The minimum Gasteiger partial charge on any atom is -0.368 e. The largest absolute Gasteiger partial charge is 0.368 e. The zero-order valence-corrected chi connectivity index (χ0v) is 18.8. The lowest BCUT2D eigenvalue weighted by Gasteiger charge is -2.36. The molecule has 2 aliphatic rings. The number of rotatable bonds is 7. The Balaban J connectivity index is 1.19. The summed E-state index contributed by atoms with van der Waals surface area (Å²) >= 11 is 1.83. The average Bonchev–Trinajstić information content (AvgIpc) is 3.27. The van der Waals surface area contributed by atoms with E-state index in [0.717, 1.165) is 71.4 Å². The molecule has 1 fully saturated rings. The highest BCUT2D eigenvalue weighted by atomic mass is 32.1. The van der Waals surface area contributed by atoms with E-state index in [1.54, 1.807) is 5.57 Å². The maximum atomic E-state index is 11.8. The summed E-state index contributed by atoms with van der Waals surface area (Å²) in [5.74, 6) is 0. The van der Waals surface area contributed by atoms with Crippen molar-refractivity contribution in [2.45, 2.75) is 45.1 Å². The molecule has 1 aliphatic heterocycles. The topological polar surface area (TPSA) is 47.6 Å². The fourth-order valence-corrected chi connectivity index (χ4v) is 5.30. The van der Waals surface area contributed by atoms with Crippen molar-refractivity contribution in [2.75, 3.05) is 44.2 Å². The Morgan fingerprint density at radius 3 is 2.83 bits per heavy atom. The minimum absolute atomic E-state index is 0.0188. The maximum absolute atomic E-state index is 11.8. The molecule has 2 heterocycles. The molecule has 0 bridgehead atoms. The van der Waals surface area contributed by atoms with Gasteiger partial charge in [0.15, 0.2) is 0 Å². The van der Waals surface area contributed by atoms with E-state index in [4.69, 9.17) is 0 Å². The number of hydrogen-bond donors (Lipinski definition) is 2. The van der Waals surface area contributed by atoms with E-state index < -0.39 is 0 Å². The van der Waals surface area contributed by atoms with Gasteiger partial charge < -0.3 is 15.5 Å². The molecule has 2 N–H and O–H groups in total. The van der Waals surface area contributed by atoms with Crippen LogP contribution in [0.25, 0.3) is 10.1 Å². The van der Waals surface area contributed by atoms with Crippen LogP contribution in [0.2, 0.25) is 0 Å². The number of fused-ring (bicyclic) bond motifs is 1. The van der Waals surface area contributed by atoms with E-state index in [1.807, 2.05) is 11.3 Å². The van der Waals surface area contributed by atoms with Gasteiger partial charge in [-0.25, -0.2) is 4.79 Å². The normalized spacial score (nSPS) is 20.2. The summed E-state index contributed by atoms with van der Waals surface area (Å²) < 4.78 is 1.38. The van der Waals surface area contributed by atoms with E-state index >= 15 is 0 Å². The van der Waals surface area contributed by atoms with E-state index in [-0.39, 0.29) is 12.1 Å². The summed E-state index contributed by atoms with van der Waals surface area (Å²) in [5, 5.41) is 9.60. The number of hydrogen-bond acceptors (Lipinski definition) is 4. The van der Waals surface area contributed by atoms with Crippen LogP contribution in [0.3, 0.4) is 0 Å². The number of carbonyl (C=O) groups is 1. The van der Waals surface area contributed by atoms with Crippen molar-refractivity contribution >= 4 is 33.1 Å². The first-order chi connectivity index (χ1) is 14.7. The van der Waals surface area contributed by atoms with Crippen molar-refractivity contribution in [2.24, 2.45) is 0 Å². The molecule has 4 rings (SSSR count). The van der Waals surface area contributed by atoms with Gasteiger partial charge in [-0.2, -0.15) is 0 Å². The van der Waals surface area contributed by atoms with Crippen molar-refractivity contribution < 1.29 is 4.79 Å². The molecule has 162 valence electrons. The maximum Gasteiger partial charge on any atom is 0.315 e. The zero-order chi connectivity index (χ0) is 20.8. The predicted octanol–water partition coefficient (Wildman–Crippen LogP) is 4.60. The number of nitrogens with one attached hydrogen (secondary N) is 2. The van der Waals surface area contributed by atoms with Gasteiger partial charge in [0.2, 0.25) is 0 Å². The first kappa shape index (κ1) is 21.2. The second-order valence-corrected chi connectivity index (χ2v) is 9.37. The highest BCUT2D eigenvalue weighted by Gasteiger charge is 2.20. The van der Waals surface area contributed by atoms with Crippen molar-refractivity contribution in [3.05, 3.63) is 41.3 Å². The van der Waals surface area contributed by atoms with Crippen LogP contribution >= 0.6 is 11.3 Å². The zero-order valence-electron chi connectivity index (χ0n) is 18.0. The average molecular weight is 427 g/mol. The minimum atomic E-state index is -0.0188. The molecule has 6 heteroatoms. The number of nitrogens with zero attached hydrogens (tertiary/aromatic N) is 2. The summed E-state index contributed by atoms with van der Waals surface area (Å²) in [5.41, 5.74) is 2.96. The summed E-state index contributed by atoms with van der Waals surface area (Å²) in [7, 11) is 0. The molecule has 1 saturated heterocycles. The number of amides is 2. The van der Waals surface area contributed by atoms with Gasteiger partial charge in [0, 0.05) is 61.1 Å². The van der Waals surface area contributed by atoms with Crippen LogP contribution in [0.1, 0.15) is 39.0 Å². The first-order valence-corrected chi connectivity index (χ1v) is 12.3. The second-order valence-electron chi connectivity index (χ2n) is 8.42. The quantitative estimate of drug-likeness (QED) is 0.636. The molecule has 1 aromatic carbocycles. The van der Waals surface area contributed by atoms with Gasteiger partial charge in [0.05, 0.1) is 0 Å². The van der Waals surface area contributed by atoms with Gasteiger partial charge in [0.1, 0.15) is 0 Å². The molecule has 2 aromatic rings. The number of anilines is 1. The van der Waals surface area contributed by atoms with Crippen LogP contribution < -0.4 is 15.5 Å². The van der Waals surface area contributed by atoms with Crippen LogP contribution in [0, 0.1) is 0 Å². The van der Waals surface area contributed by atoms with E-state index in [0.29, 0.717) is 0 Å². The van der Waals surface area contributed by atoms with E-state index in [2.05, 4.69) is 63.1 Å². The van der Waals surface area contributed by atoms with Gasteiger partial charge >= 0.3 is 6.03 Å². The Kier molecular flexibility index (Phi) is 7.28. The molecule has 0 radical (unpaired) electrons. The molecule has 2 amide bonds. The third-order valence-electron chi connectivity index (χ3n) is 6.31. The number of thiophene rings is 1. The lowest BCUT2D eigenvalue weighted by Crippen LogP contribution is -2.46. The van der Waals surface area contributed by atoms with E-state index in [1.165, 1.54) is 15.8 Å². The second kappa shape index (κ2) is 10.3. The van der Waals surface area contributed by atoms with Gasteiger partial charge in [-0.05, 0) is 55.7 Å². The molecular weight excluding hydrogens is 392 g/mol. The number of piperazine rings is 1. The Bertz CT molecular complexity index is 869. The Hall–Kier alpha value is -2.05. The van der Waals surface area contributed by atoms with Crippen molar-refractivity contribution in [3.8, 4) is 0 Å². The molecule has 1 unspecified atom stereocenters. The smallest absolute Gasteiger partial charge is 0.315 e. The van der Waals surface area contributed by atoms with Crippen LogP contribution in [-0.2, 0) is 0 Å². The third kappa shape index (κ3) is 5.35. The SMILES string of the molecule is CCCNC(=O)NC1CC=C(CCN2CCN(c3cccc4sccc34)CC2)CC1. The number of urea groups is 1. The van der Waals surface area contributed by atoms with Crippen LogP contribution in [0.4, 0.5) is 10.5 Å². The molecule has 0 spiro atoms. The number of carbonyl (C=O) groups excluding carboxylic acids is 1. The molecule has 1 aliphatic carbocycles. The third-order valence-corrected chi connectivity index (χ3v) is 7.19. The Morgan fingerprint density at radius 2 is 2.07 bits per heavy atom. The lowest BCUT2D eigenvalue weighted by molar-refractivity contribution is 0.235. The summed E-state index contributed by atoms with van der Waals surface area (Å²) in [6.07, 6.45) is 7.63. The fourth-order valence-electron chi connectivity index (χ4n) is 4.49. The molecule has 1 aromatic heterocycles. The number of benzene rings is 1. The summed E-state index contributed by atoms with van der Waals surface area (Å²) in [4.78, 5) is 17.0. The molecule has 0 saturated carbocycles.